The molecule has 0 N–H and O–H groups in total. The van der Waals surface area contributed by atoms with Gasteiger partial charge in [-0.2, -0.15) is 0 Å². The second-order valence-corrected chi connectivity index (χ2v) is 8.20. The zero-order chi connectivity index (χ0) is 13.2. The van der Waals surface area contributed by atoms with Crippen molar-refractivity contribution < 1.29 is 8.42 Å². The summed E-state index contributed by atoms with van der Waals surface area (Å²) in [5.74, 6) is 0. The van der Waals surface area contributed by atoms with Crippen molar-refractivity contribution in [1.82, 2.24) is 0 Å². The Hall–Kier alpha value is -1.09. The molecule has 3 rings (SSSR count). The van der Waals surface area contributed by atoms with Gasteiger partial charge in [0.05, 0.1) is 9.64 Å². The zero-order valence-electron chi connectivity index (χ0n) is 10.8. The first kappa shape index (κ1) is 12.0. The number of benzene rings is 1. The molecule has 2 aliphatic carbocycles. The van der Waals surface area contributed by atoms with Crippen molar-refractivity contribution in [2.75, 3.05) is 0 Å². The molecule has 2 saturated carbocycles. The van der Waals surface area contributed by atoms with Gasteiger partial charge in [-0.1, -0.05) is 38.1 Å². The topological polar surface area (TPSA) is 34.1 Å². The van der Waals surface area contributed by atoms with Crippen molar-refractivity contribution in [2.24, 2.45) is 10.8 Å². The summed E-state index contributed by atoms with van der Waals surface area (Å²) in [6.45, 7) is 7.91. The molecule has 1 aromatic rings. The fourth-order valence-corrected chi connectivity index (χ4v) is 7.08. The molecule has 2 aliphatic rings. The van der Waals surface area contributed by atoms with Crippen molar-refractivity contribution in [3.8, 4) is 0 Å². The Labute approximate surface area is 109 Å². The number of hydrogen-bond donors (Lipinski definition) is 0. The number of sulfone groups is 1. The van der Waals surface area contributed by atoms with E-state index in [0.717, 1.165) is 12.8 Å². The molecule has 96 valence electrons. The summed E-state index contributed by atoms with van der Waals surface area (Å²) in [7, 11) is -3.23. The standard InChI is InChI=1S/C15H18O2S/c1-4-10-14-11-15(14,13(14,2)3)18(16,17)12-8-6-5-7-9-12/h4-9H,1,10-11H2,2-3H3/t14-,15-/m1/s1. The third-order valence-corrected chi connectivity index (χ3v) is 8.20. The lowest BCUT2D eigenvalue weighted by Gasteiger charge is -2.20. The average Bonchev–Trinajstić information content (AvgIpc) is 3.15. The van der Waals surface area contributed by atoms with Gasteiger partial charge in [0.15, 0.2) is 9.84 Å². The third kappa shape index (κ3) is 0.957. The highest BCUT2D eigenvalue weighted by molar-refractivity contribution is 7.93. The van der Waals surface area contributed by atoms with Crippen LogP contribution in [0.15, 0.2) is 47.9 Å². The fourth-order valence-electron chi connectivity index (χ4n) is 4.06. The maximum Gasteiger partial charge on any atom is 0.185 e. The number of allylic oxidation sites excluding steroid dienone is 1. The molecule has 0 aromatic heterocycles. The van der Waals surface area contributed by atoms with Gasteiger partial charge in [0.1, 0.15) is 0 Å². The largest absolute Gasteiger partial charge is 0.223 e. The van der Waals surface area contributed by atoms with Gasteiger partial charge in [-0.25, -0.2) is 8.42 Å². The molecule has 0 bridgehead atoms. The molecule has 3 heteroatoms. The van der Waals surface area contributed by atoms with E-state index in [4.69, 9.17) is 0 Å². The van der Waals surface area contributed by atoms with Crippen LogP contribution < -0.4 is 0 Å². The van der Waals surface area contributed by atoms with Gasteiger partial charge in [-0.05, 0) is 30.4 Å². The Morgan fingerprint density at radius 1 is 1.28 bits per heavy atom. The smallest absolute Gasteiger partial charge is 0.185 e. The molecule has 2 nitrogen and oxygen atoms in total. The van der Waals surface area contributed by atoms with Crippen LogP contribution in [0.3, 0.4) is 0 Å². The Bertz CT molecular complexity index is 615. The third-order valence-electron chi connectivity index (χ3n) is 5.35. The summed E-state index contributed by atoms with van der Waals surface area (Å²) in [4.78, 5) is 0.460. The van der Waals surface area contributed by atoms with Crippen molar-refractivity contribution in [2.45, 2.75) is 36.3 Å². The lowest BCUT2D eigenvalue weighted by Crippen LogP contribution is -2.24. The molecule has 2 fully saturated rings. The van der Waals surface area contributed by atoms with E-state index in [1.165, 1.54) is 0 Å². The van der Waals surface area contributed by atoms with Crippen molar-refractivity contribution in [1.29, 1.82) is 0 Å². The highest BCUT2D eigenvalue weighted by atomic mass is 32.2. The lowest BCUT2D eigenvalue weighted by molar-refractivity contribution is 0.367. The van der Waals surface area contributed by atoms with Crippen LogP contribution in [0, 0.1) is 10.8 Å². The van der Waals surface area contributed by atoms with E-state index in [0.29, 0.717) is 4.90 Å². The van der Waals surface area contributed by atoms with Gasteiger partial charge in [-0.15, -0.1) is 6.58 Å². The van der Waals surface area contributed by atoms with Crippen LogP contribution in [-0.4, -0.2) is 13.2 Å². The van der Waals surface area contributed by atoms with Crippen LogP contribution in [0.2, 0.25) is 0 Å². The minimum atomic E-state index is -3.23. The quantitative estimate of drug-likeness (QED) is 0.781. The molecule has 0 spiro atoms. The SMILES string of the molecule is C=CC[C@]12C[C@@]1(S(=O)(=O)c1ccccc1)C2(C)C. The first-order chi connectivity index (χ1) is 8.37. The molecule has 0 unspecified atom stereocenters. The average molecular weight is 262 g/mol. The Morgan fingerprint density at radius 2 is 1.89 bits per heavy atom. The number of hydrogen-bond acceptors (Lipinski definition) is 2. The molecule has 0 aliphatic heterocycles. The molecule has 0 amide bonds. The summed E-state index contributed by atoms with van der Waals surface area (Å²) in [6, 6.07) is 8.83. The van der Waals surface area contributed by atoms with Crippen LogP contribution in [0.4, 0.5) is 0 Å². The van der Waals surface area contributed by atoms with Crippen molar-refractivity contribution in [3.63, 3.8) is 0 Å². The van der Waals surface area contributed by atoms with Gasteiger partial charge in [0.2, 0.25) is 0 Å². The molecular weight excluding hydrogens is 244 g/mol. The van der Waals surface area contributed by atoms with E-state index in [1.807, 2.05) is 12.1 Å². The monoisotopic (exact) mass is 262 g/mol. The van der Waals surface area contributed by atoms with E-state index in [1.54, 1.807) is 24.3 Å². The van der Waals surface area contributed by atoms with Gasteiger partial charge >= 0.3 is 0 Å². The van der Waals surface area contributed by atoms with Gasteiger partial charge in [0, 0.05) is 5.41 Å². The predicted octanol–water partition coefficient (Wildman–Crippen LogP) is 3.21. The molecule has 2 atom stereocenters. The molecule has 0 heterocycles. The van der Waals surface area contributed by atoms with E-state index < -0.39 is 14.6 Å². The van der Waals surface area contributed by atoms with Crippen molar-refractivity contribution in [3.05, 3.63) is 43.0 Å². The minimum absolute atomic E-state index is 0.0591. The Kier molecular flexibility index (Phi) is 2.05. The summed E-state index contributed by atoms with van der Waals surface area (Å²) in [5.41, 5.74) is -0.181. The molecule has 1 aromatic carbocycles. The predicted molar refractivity (Wildman–Crippen MR) is 72.0 cm³/mol. The fraction of sp³-hybridized carbons (Fsp3) is 0.467. The van der Waals surface area contributed by atoms with Crippen LogP contribution >= 0.6 is 0 Å². The van der Waals surface area contributed by atoms with Crippen molar-refractivity contribution >= 4 is 9.84 Å². The number of fused-ring (bicyclic) bond motifs is 1. The highest BCUT2D eigenvalue weighted by Crippen LogP contribution is 2.95. The minimum Gasteiger partial charge on any atom is -0.223 e. The van der Waals surface area contributed by atoms with E-state index >= 15 is 0 Å². The summed E-state index contributed by atoms with van der Waals surface area (Å²) >= 11 is 0. The Morgan fingerprint density at radius 3 is 2.39 bits per heavy atom. The van der Waals surface area contributed by atoms with E-state index in [9.17, 15) is 8.42 Å². The van der Waals surface area contributed by atoms with Gasteiger partial charge in [0.25, 0.3) is 0 Å². The number of rotatable bonds is 4. The van der Waals surface area contributed by atoms with Crippen LogP contribution in [0.5, 0.6) is 0 Å². The first-order valence-electron chi connectivity index (χ1n) is 6.28. The maximum atomic E-state index is 12.8. The normalized spacial score (nSPS) is 35.7. The Balaban J connectivity index is 2.07. The van der Waals surface area contributed by atoms with E-state index in [-0.39, 0.29) is 10.8 Å². The summed E-state index contributed by atoms with van der Waals surface area (Å²) in [6.07, 6.45) is 3.44. The van der Waals surface area contributed by atoms with Crippen LogP contribution in [0.1, 0.15) is 26.7 Å². The summed E-state index contributed by atoms with van der Waals surface area (Å²) in [5, 5.41) is 0. The highest BCUT2D eigenvalue weighted by Gasteiger charge is 3.00. The second kappa shape index (κ2) is 3.08. The second-order valence-electron chi connectivity index (χ2n) is 6.02. The van der Waals surface area contributed by atoms with Gasteiger partial charge in [-0.3, -0.25) is 0 Å². The zero-order valence-corrected chi connectivity index (χ0v) is 11.6. The van der Waals surface area contributed by atoms with E-state index in [2.05, 4.69) is 20.4 Å². The molecule has 18 heavy (non-hydrogen) atoms. The summed E-state index contributed by atoms with van der Waals surface area (Å²) < 4.78 is 25.1. The molecule has 0 radical (unpaired) electrons. The lowest BCUT2D eigenvalue weighted by atomic mass is 9.90. The molecule has 0 saturated heterocycles. The first-order valence-corrected chi connectivity index (χ1v) is 7.76. The van der Waals surface area contributed by atoms with Gasteiger partial charge < -0.3 is 0 Å². The maximum absolute atomic E-state index is 12.8. The van der Waals surface area contributed by atoms with Crippen LogP contribution in [0.25, 0.3) is 0 Å². The molecular formula is C15H18O2S. The van der Waals surface area contributed by atoms with Crippen LogP contribution in [-0.2, 0) is 9.84 Å².